The lowest BCUT2D eigenvalue weighted by Crippen LogP contribution is -2.32. The zero-order valence-electron chi connectivity index (χ0n) is 17.9. The van der Waals surface area contributed by atoms with E-state index in [-0.39, 0.29) is 12.7 Å². The summed E-state index contributed by atoms with van der Waals surface area (Å²) in [5.74, 6) is 0.278. The van der Waals surface area contributed by atoms with E-state index in [2.05, 4.69) is 0 Å². The summed E-state index contributed by atoms with van der Waals surface area (Å²) in [4.78, 5) is 0. The lowest BCUT2D eigenvalue weighted by molar-refractivity contribution is -0.0117. The molecule has 1 fully saturated rings. The molecule has 0 amide bonds. The molecular formula is C26H26F2O3. The molecule has 1 aliphatic rings. The second-order valence-electron chi connectivity index (χ2n) is 8.12. The maximum atomic E-state index is 14.5. The van der Waals surface area contributed by atoms with Crippen LogP contribution in [0.1, 0.15) is 34.8 Å². The van der Waals surface area contributed by atoms with Gasteiger partial charge in [-0.3, -0.25) is 0 Å². The highest BCUT2D eigenvalue weighted by Gasteiger charge is 2.39. The molecule has 3 aromatic rings. The lowest BCUT2D eigenvalue weighted by Gasteiger charge is -2.20. The number of benzene rings is 3. The third kappa shape index (κ3) is 5.05. The number of hydrogen-bond donors (Lipinski definition) is 0. The molecule has 3 atom stereocenters. The van der Waals surface area contributed by atoms with Gasteiger partial charge in [0.05, 0.1) is 6.10 Å². The van der Waals surface area contributed by atoms with Crippen LogP contribution in [0.2, 0.25) is 0 Å². The summed E-state index contributed by atoms with van der Waals surface area (Å²) in [6, 6.07) is 18.0. The molecule has 0 aromatic heterocycles. The molecule has 3 nitrogen and oxygen atoms in total. The fraction of sp³-hybridized carbons (Fsp3) is 0.308. The van der Waals surface area contributed by atoms with Crippen LogP contribution in [0.3, 0.4) is 0 Å². The number of rotatable bonds is 6. The molecule has 4 rings (SSSR count). The van der Waals surface area contributed by atoms with Crippen molar-refractivity contribution in [1.82, 2.24) is 0 Å². The van der Waals surface area contributed by atoms with Gasteiger partial charge in [-0.2, -0.15) is 0 Å². The van der Waals surface area contributed by atoms with Gasteiger partial charge in [-0.15, -0.1) is 0 Å². The number of halogens is 2. The van der Waals surface area contributed by atoms with Crippen molar-refractivity contribution in [2.75, 3.05) is 6.61 Å². The lowest BCUT2D eigenvalue weighted by atomic mass is 10.0. The van der Waals surface area contributed by atoms with Gasteiger partial charge in [-0.25, -0.2) is 8.78 Å². The Morgan fingerprint density at radius 1 is 0.839 bits per heavy atom. The molecule has 31 heavy (non-hydrogen) atoms. The smallest absolute Gasteiger partial charge is 0.131 e. The summed E-state index contributed by atoms with van der Waals surface area (Å²) in [5.41, 5.74) is 3.01. The molecular weight excluding hydrogens is 398 g/mol. The van der Waals surface area contributed by atoms with Gasteiger partial charge in [0.1, 0.15) is 41.9 Å². The maximum Gasteiger partial charge on any atom is 0.131 e. The van der Waals surface area contributed by atoms with Crippen molar-refractivity contribution >= 4 is 0 Å². The summed E-state index contributed by atoms with van der Waals surface area (Å²) < 4.78 is 46.5. The van der Waals surface area contributed by atoms with Crippen LogP contribution in [0, 0.1) is 32.4 Å². The Balaban J connectivity index is 1.54. The van der Waals surface area contributed by atoms with Crippen LogP contribution in [0.15, 0.2) is 60.7 Å². The Kier molecular flexibility index (Phi) is 6.23. The van der Waals surface area contributed by atoms with E-state index in [1.54, 1.807) is 6.92 Å². The zero-order valence-corrected chi connectivity index (χ0v) is 17.9. The second kappa shape index (κ2) is 9.06. The van der Waals surface area contributed by atoms with Crippen LogP contribution in [-0.2, 0) is 4.74 Å². The van der Waals surface area contributed by atoms with Crippen molar-refractivity contribution in [3.8, 4) is 11.5 Å². The van der Waals surface area contributed by atoms with Gasteiger partial charge in [0.15, 0.2) is 0 Å². The Hall–Kier alpha value is -2.92. The molecule has 0 saturated carbocycles. The summed E-state index contributed by atoms with van der Waals surface area (Å²) >= 11 is 0. The van der Waals surface area contributed by atoms with E-state index < -0.39 is 23.8 Å². The molecule has 1 heterocycles. The Labute approximate surface area is 181 Å². The molecule has 3 aromatic carbocycles. The first-order valence-corrected chi connectivity index (χ1v) is 10.4. The SMILES string of the molecule is Cc1ccc(OC[C@H]2O[C@@H](c3cc(C)c(F)cc3F)C[C@@H]2Oc2ccc(C)cc2)cc1. The van der Waals surface area contributed by atoms with Gasteiger partial charge in [-0.1, -0.05) is 35.4 Å². The average Bonchev–Trinajstić information content (AvgIpc) is 3.14. The third-order valence-corrected chi connectivity index (χ3v) is 5.57. The van der Waals surface area contributed by atoms with Crippen molar-refractivity contribution in [2.24, 2.45) is 0 Å². The fourth-order valence-electron chi connectivity index (χ4n) is 3.72. The van der Waals surface area contributed by atoms with Crippen LogP contribution in [0.25, 0.3) is 0 Å². The molecule has 0 N–H and O–H groups in total. The van der Waals surface area contributed by atoms with Crippen LogP contribution in [0.5, 0.6) is 11.5 Å². The minimum absolute atomic E-state index is 0.262. The first-order valence-electron chi connectivity index (χ1n) is 10.4. The molecule has 1 aliphatic heterocycles. The molecule has 162 valence electrons. The molecule has 0 aliphatic carbocycles. The van der Waals surface area contributed by atoms with E-state index in [4.69, 9.17) is 14.2 Å². The van der Waals surface area contributed by atoms with Gasteiger partial charge < -0.3 is 14.2 Å². The molecule has 5 heteroatoms. The van der Waals surface area contributed by atoms with Crippen LogP contribution >= 0.6 is 0 Å². The predicted octanol–water partition coefficient (Wildman–Crippen LogP) is 6.25. The third-order valence-electron chi connectivity index (χ3n) is 5.57. The van der Waals surface area contributed by atoms with Gasteiger partial charge in [0.2, 0.25) is 0 Å². The van der Waals surface area contributed by atoms with Gasteiger partial charge in [-0.05, 0) is 56.7 Å². The van der Waals surface area contributed by atoms with Gasteiger partial charge in [0.25, 0.3) is 0 Å². The summed E-state index contributed by atoms with van der Waals surface area (Å²) in [7, 11) is 0. The highest BCUT2D eigenvalue weighted by Crippen LogP contribution is 2.37. The second-order valence-corrected chi connectivity index (χ2v) is 8.12. The number of hydrogen-bond acceptors (Lipinski definition) is 3. The van der Waals surface area contributed by atoms with Crippen LogP contribution in [0.4, 0.5) is 8.78 Å². The summed E-state index contributed by atoms with van der Waals surface area (Å²) in [5, 5.41) is 0. The van der Waals surface area contributed by atoms with Crippen molar-refractivity contribution in [1.29, 1.82) is 0 Å². The normalized spacial score (nSPS) is 20.6. The minimum Gasteiger partial charge on any atom is -0.491 e. The van der Waals surface area contributed by atoms with E-state index in [1.165, 1.54) is 6.07 Å². The average molecular weight is 424 g/mol. The summed E-state index contributed by atoms with van der Waals surface area (Å²) in [6.45, 7) is 5.90. The molecule has 0 unspecified atom stereocenters. The number of aryl methyl sites for hydroxylation is 3. The topological polar surface area (TPSA) is 27.7 Å². The van der Waals surface area contributed by atoms with E-state index in [0.717, 1.165) is 28.7 Å². The van der Waals surface area contributed by atoms with Crippen molar-refractivity contribution in [2.45, 2.75) is 45.5 Å². The molecule has 0 spiro atoms. The fourth-order valence-corrected chi connectivity index (χ4v) is 3.72. The van der Waals surface area contributed by atoms with E-state index in [0.29, 0.717) is 17.5 Å². The predicted molar refractivity (Wildman–Crippen MR) is 116 cm³/mol. The standard InChI is InChI=1S/C26H26F2O3/c1-16-4-8-19(9-5-16)29-15-26-25(30-20-10-6-17(2)7-11-20)14-24(31-26)21-12-18(3)22(27)13-23(21)28/h4-13,24-26H,14-15H2,1-3H3/t24-,25+,26-/m1/s1. The molecule has 0 bridgehead atoms. The largest absolute Gasteiger partial charge is 0.491 e. The van der Waals surface area contributed by atoms with Crippen LogP contribution < -0.4 is 9.47 Å². The van der Waals surface area contributed by atoms with Gasteiger partial charge >= 0.3 is 0 Å². The van der Waals surface area contributed by atoms with E-state index >= 15 is 0 Å². The van der Waals surface area contributed by atoms with Crippen molar-refractivity contribution < 1.29 is 23.0 Å². The first-order chi connectivity index (χ1) is 14.9. The van der Waals surface area contributed by atoms with E-state index in [9.17, 15) is 8.78 Å². The minimum atomic E-state index is -0.609. The Bertz CT molecular complexity index is 1030. The molecule has 0 radical (unpaired) electrons. The Morgan fingerprint density at radius 2 is 1.45 bits per heavy atom. The van der Waals surface area contributed by atoms with E-state index in [1.807, 2.05) is 62.4 Å². The zero-order chi connectivity index (χ0) is 22.0. The Morgan fingerprint density at radius 3 is 2.10 bits per heavy atom. The number of ether oxygens (including phenoxy) is 3. The quantitative estimate of drug-likeness (QED) is 0.468. The van der Waals surface area contributed by atoms with Crippen LogP contribution in [-0.4, -0.2) is 18.8 Å². The maximum absolute atomic E-state index is 14.5. The van der Waals surface area contributed by atoms with Gasteiger partial charge in [0, 0.05) is 18.1 Å². The van der Waals surface area contributed by atoms with Crippen molar-refractivity contribution in [3.05, 3.63) is 94.6 Å². The molecule has 1 saturated heterocycles. The highest BCUT2D eigenvalue weighted by molar-refractivity contribution is 5.30. The van der Waals surface area contributed by atoms with Crippen molar-refractivity contribution in [3.63, 3.8) is 0 Å². The highest BCUT2D eigenvalue weighted by atomic mass is 19.1. The monoisotopic (exact) mass is 424 g/mol. The summed E-state index contributed by atoms with van der Waals surface area (Å²) in [6.07, 6.45) is -0.834. The first kappa shape index (κ1) is 21.3.